The first kappa shape index (κ1) is 12.9. The fourth-order valence-electron chi connectivity index (χ4n) is 3.94. The number of aliphatic imine (C=N–C) groups is 1. The molecule has 5 rings (SSSR count). The molecule has 1 N–H and O–H groups in total. The Morgan fingerprint density at radius 2 is 1.61 bits per heavy atom. The van der Waals surface area contributed by atoms with Crippen LogP contribution < -0.4 is 0 Å². The Kier molecular flexibility index (Phi) is 2.48. The Labute approximate surface area is 134 Å². The van der Waals surface area contributed by atoms with Gasteiger partial charge in [-0.15, -0.1) is 0 Å². The van der Waals surface area contributed by atoms with E-state index in [0.717, 1.165) is 46.4 Å². The van der Waals surface area contributed by atoms with Crippen LogP contribution in [-0.4, -0.2) is 28.9 Å². The molecule has 0 amide bonds. The zero-order valence-corrected chi connectivity index (χ0v) is 12.6. The molecule has 0 saturated carbocycles. The van der Waals surface area contributed by atoms with Gasteiger partial charge in [0.2, 0.25) is 0 Å². The Balaban J connectivity index is 1.86. The Hall–Kier alpha value is -2.65. The highest BCUT2D eigenvalue weighted by molar-refractivity contribution is 6.06. The monoisotopic (exact) mass is 300 g/mol. The van der Waals surface area contributed by atoms with Gasteiger partial charge in [0, 0.05) is 23.2 Å². The minimum Gasteiger partial charge on any atom is -0.363 e. The highest BCUT2D eigenvalue weighted by Gasteiger charge is 2.50. The van der Waals surface area contributed by atoms with E-state index in [1.165, 1.54) is 0 Å². The van der Waals surface area contributed by atoms with Crippen LogP contribution in [0.2, 0.25) is 0 Å². The second kappa shape index (κ2) is 4.43. The van der Waals surface area contributed by atoms with Crippen molar-refractivity contribution < 1.29 is 5.11 Å². The predicted octanol–water partition coefficient (Wildman–Crippen LogP) is 3.11. The first-order chi connectivity index (χ1) is 11.3. The molecule has 0 fully saturated rings. The van der Waals surface area contributed by atoms with Gasteiger partial charge in [0.25, 0.3) is 0 Å². The van der Waals surface area contributed by atoms with Gasteiger partial charge >= 0.3 is 0 Å². The van der Waals surface area contributed by atoms with Crippen molar-refractivity contribution in [3.63, 3.8) is 0 Å². The minimum absolute atomic E-state index is 0.733. The quantitative estimate of drug-likeness (QED) is 0.749. The zero-order chi connectivity index (χ0) is 15.4. The van der Waals surface area contributed by atoms with Crippen LogP contribution in [0, 0.1) is 0 Å². The standard InChI is InChI=1S/C20H16N2O/c23-20(17-11-5-7-14-6-1-2-8-15(14)17)18-10-4-3-9-16(18)19-21-12-13-22(19)20/h1-11,23H,12-13H2. The minimum atomic E-state index is -1.15. The predicted molar refractivity (Wildman–Crippen MR) is 91.5 cm³/mol. The maximum atomic E-state index is 11.8. The maximum absolute atomic E-state index is 11.8. The van der Waals surface area contributed by atoms with E-state index >= 15 is 0 Å². The van der Waals surface area contributed by atoms with Crippen LogP contribution in [0.25, 0.3) is 10.8 Å². The summed E-state index contributed by atoms with van der Waals surface area (Å²) in [5.74, 6) is 0.913. The van der Waals surface area contributed by atoms with Crippen molar-refractivity contribution in [3.05, 3.63) is 83.4 Å². The van der Waals surface area contributed by atoms with Crippen LogP contribution >= 0.6 is 0 Å². The van der Waals surface area contributed by atoms with Crippen LogP contribution in [0.3, 0.4) is 0 Å². The summed E-state index contributed by atoms with van der Waals surface area (Å²) in [5.41, 5.74) is 1.75. The molecule has 0 saturated heterocycles. The van der Waals surface area contributed by atoms with E-state index in [1.54, 1.807) is 0 Å². The molecule has 3 nitrogen and oxygen atoms in total. The summed E-state index contributed by atoms with van der Waals surface area (Å²) in [4.78, 5) is 6.66. The van der Waals surface area contributed by atoms with E-state index in [1.807, 2.05) is 47.4 Å². The molecule has 1 unspecified atom stereocenters. The Morgan fingerprint density at radius 1 is 0.870 bits per heavy atom. The van der Waals surface area contributed by atoms with Crippen molar-refractivity contribution >= 4 is 16.6 Å². The molecule has 1 atom stereocenters. The van der Waals surface area contributed by atoms with Gasteiger partial charge in [0.1, 0.15) is 5.84 Å². The molecule has 3 aromatic rings. The topological polar surface area (TPSA) is 35.8 Å². The summed E-state index contributed by atoms with van der Waals surface area (Å²) in [6.45, 7) is 1.47. The van der Waals surface area contributed by atoms with E-state index in [0.29, 0.717) is 0 Å². The molecule has 0 spiro atoms. The summed E-state index contributed by atoms with van der Waals surface area (Å²) >= 11 is 0. The molecule has 0 aliphatic carbocycles. The lowest BCUT2D eigenvalue weighted by molar-refractivity contribution is -0.0229. The second-order valence-corrected chi connectivity index (χ2v) is 6.10. The average Bonchev–Trinajstić information content (AvgIpc) is 3.18. The largest absolute Gasteiger partial charge is 0.363 e. The molecule has 3 heteroatoms. The van der Waals surface area contributed by atoms with E-state index in [9.17, 15) is 5.11 Å². The van der Waals surface area contributed by atoms with Gasteiger partial charge in [-0.2, -0.15) is 0 Å². The lowest BCUT2D eigenvalue weighted by Crippen LogP contribution is -2.43. The summed E-state index contributed by atoms with van der Waals surface area (Å²) in [5, 5.41) is 14.1. The molecule has 2 aliphatic heterocycles. The van der Waals surface area contributed by atoms with E-state index < -0.39 is 5.72 Å². The number of amidine groups is 1. The molecule has 23 heavy (non-hydrogen) atoms. The van der Waals surface area contributed by atoms with E-state index in [-0.39, 0.29) is 0 Å². The third-order valence-corrected chi connectivity index (χ3v) is 4.94. The van der Waals surface area contributed by atoms with Crippen LogP contribution in [0.15, 0.2) is 71.7 Å². The summed E-state index contributed by atoms with van der Waals surface area (Å²) in [6.07, 6.45) is 0. The number of aliphatic hydroxyl groups is 1. The third-order valence-electron chi connectivity index (χ3n) is 4.94. The van der Waals surface area contributed by atoms with Gasteiger partial charge in [0.05, 0.1) is 6.54 Å². The van der Waals surface area contributed by atoms with Gasteiger partial charge in [0.15, 0.2) is 5.72 Å². The van der Waals surface area contributed by atoms with Crippen molar-refractivity contribution in [2.24, 2.45) is 4.99 Å². The van der Waals surface area contributed by atoms with Crippen LogP contribution in [0.5, 0.6) is 0 Å². The number of nitrogens with zero attached hydrogens (tertiary/aromatic N) is 2. The molecule has 2 aliphatic rings. The van der Waals surface area contributed by atoms with E-state index in [2.05, 4.69) is 29.3 Å². The number of benzene rings is 3. The summed E-state index contributed by atoms with van der Waals surface area (Å²) < 4.78 is 0. The van der Waals surface area contributed by atoms with Crippen molar-refractivity contribution in [1.82, 2.24) is 4.90 Å². The van der Waals surface area contributed by atoms with Gasteiger partial charge in [-0.25, -0.2) is 0 Å². The van der Waals surface area contributed by atoms with Crippen LogP contribution in [-0.2, 0) is 5.72 Å². The first-order valence-corrected chi connectivity index (χ1v) is 7.93. The van der Waals surface area contributed by atoms with Gasteiger partial charge in [-0.1, -0.05) is 66.7 Å². The SMILES string of the molecule is OC1(c2cccc3ccccc23)c2ccccc2C2=NCCN21. The maximum Gasteiger partial charge on any atom is 0.193 e. The molecule has 0 aromatic heterocycles. The molecule has 0 radical (unpaired) electrons. The Morgan fingerprint density at radius 3 is 2.57 bits per heavy atom. The van der Waals surface area contributed by atoms with Crippen molar-refractivity contribution in [2.45, 2.75) is 5.72 Å². The molecule has 0 bridgehead atoms. The fraction of sp³-hybridized carbons (Fsp3) is 0.150. The molecule has 2 heterocycles. The molecular weight excluding hydrogens is 284 g/mol. The van der Waals surface area contributed by atoms with Gasteiger partial charge < -0.3 is 10.0 Å². The third kappa shape index (κ3) is 1.55. The number of hydrogen-bond acceptors (Lipinski definition) is 3. The van der Waals surface area contributed by atoms with Crippen molar-refractivity contribution in [3.8, 4) is 0 Å². The number of rotatable bonds is 1. The first-order valence-electron chi connectivity index (χ1n) is 7.93. The Bertz CT molecular complexity index is 957. The summed E-state index contributed by atoms with van der Waals surface area (Å²) in [6, 6.07) is 22.4. The fourth-order valence-corrected chi connectivity index (χ4v) is 3.94. The highest BCUT2D eigenvalue weighted by Crippen LogP contribution is 2.45. The lowest BCUT2D eigenvalue weighted by Gasteiger charge is -2.34. The van der Waals surface area contributed by atoms with E-state index in [4.69, 9.17) is 0 Å². The second-order valence-electron chi connectivity index (χ2n) is 6.10. The normalized spacial score (nSPS) is 22.1. The molecule has 112 valence electrons. The van der Waals surface area contributed by atoms with Crippen molar-refractivity contribution in [1.29, 1.82) is 0 Å². The molecule has 3 aromatic carbocycles. The smallest absolute Gasteiger partial charge is 0.193 e. The van der Waals surface area contributed by atoms with Gasteiger partial charge in [-0.05, 0) is 10.8 Å². The number of fused-ring (bicyclic) bond motifs is 4. The average molecular weight is 300 g/mol. The zero-order valence-electron chi connectivity index (χ0n) is 12.6. The van der Waals surface area contributed by atoms with Crippen molar-refractivity contribution in [2.75, 3.05) is 13.1 Å². The lowest BCUT2D eigenvalue weighted by atomic mass is 9.90. The highest BCUT2D eigenvalue weighted by atomic mass is 16.3. The summed E-state index contributed by atoms with van der Waals surface area (Å²) in [7, 11) is 0. The van der Waals surface area contributed by atoms with Crippen LogP contribution in [0.4, 0.5) is 0 Å². The number of hydrogen-bond donors (Lipinski definition) is 1. The van der Waals surface area contributed by atoms with Gasteiger partial charge in [-0.3, -0.25) is 4.99 Å². The van der Waals surface area contributed by atoms with Crippen LogP contribution in [0.1, 0.15) is 16.7 Å². The molecular formula is C20H16N2O.